The van der Waals surface area contributed by atoms with E-state index in [1.807, 2.05) is 12.3 Å². The molecule has 1 aliphatic rings. The number of pyridine rings is 1. The lowest BCUT2D eigenvalue weighted by atomic mass is 9.88. The molecule has 1 N–H and O–H groups in total. The van der Waals surface area contributed by atoms with Gasteiger partial charge in [0.2, 0.25) is 0 Å². The molecule has 92 valence electrons. The summed E-state index contributed by atoms with van der Waals surface area (Å²) >= 11 is 0. The molecule has 0 radical (unpaired) electrons. The van der Waals surface area contributed by atoms with Gasteiger partial charge in [-0.15, -0.1) is 0 Å². The van der Waals surface area contributed by atoms with Crippen molar-refractivity contribution in [3.05, 3.63) is 59.3 Å². The van der Waals surface area contributed by atoms with Crippen molar-refractivity contribution in [3.63, 3.8) is 0 Å². The van der Waals surface area contributed by atoms with Gasteiger partial charge in [-0.1, -0.05) is 24.3 Å². The first kappa shape index (κ1) is 11.3. The van der Waals surface area contributed by atoms with E-state index in [-0.39, 0.29) is 0 Å². The number of hydrogen-bond donors (Lipinski definition) is 1. The van der Waals surface area contributed by atoms with Crippen molar-refractivity contribution in [2.24, 2.45) is 0 Å². The van der Waals surface area contributed by atoms with Crippen molar-refractivity contribution in [3.8, 4) is 0 Å². The van der Waals surface area contributed by atoms with Crippen LogP contribution in [0, 0.1) is 6.92 Å². The molecule has 18 heavy (non-hydrogen) atoms. The van der Waals surface area contributed by atoms with E-state index >= 15 is 0 Å². The summed E-state index contributed by atoms with van der Waals surface area (Å²) in [6.07, 6.45) is 5.51. The summed E-state index contributed by atoms with van der Waals surface area (Å²) in [5.41, 5.74) is 4.16. The molecule has 2 heteroatoms. The van der Waals surface area contributed by atoms with E-state index in [9.17, 15) is 0 Å². The van der Waals surface area contributed by atoms with Gasteiger partial charge in [-0.2, -0.15) is 0 Å². The predicted octanol–water partition coefficient (Wildman–Crippen LogP) is 3.88. The molecule has 1 aliphatic carbocycles. The van der Waals surface area contributed by atoms with E-state index in [4.69, 9.17) is 0 Å². The molecule has 0 aliphatic heterocycles. The second kappa shape index (κ2) is 4.81. The zero-order valence-electron chi connectivity index (χ0n) is 10.7. The van der Waals surface area contributed by atoms with Crippen molar-refractivity contribution in [2.45, 2.75) is 32.2 Å². The minimum atomic E-state index is 0.407. The van der Waals surface area contributed by atoms with Gasteiger partial charge in [-0.3, -0.25) is 0 Å². The quantitative estimate of drug-likeness (QED) is 0.858. The Morgan fingerprint density at radius 3 is 3.00 bits per heavy atom. The highest BCUT2D eigenvalue weighted by atomic mass is 15.0. The summed E-state index contributed by atoms with van der Waals surface area (Å²) in [7, 11) is 0. The normalized spacial score (nSPS) is 18.2. The van der Waals surface area contributed by atoms with Gasteiger partial charge < -0.3 is 5.32 Å². The first-order valence-corrected chi connectivity index (χ1v) is 6.60. The maximum absolute atomic E-state index is 4.40. The Hall–Kier alpha value is -1.83. The highest BCUT2D eigenvalue weighted by Crippen LogP contribution is 2.31. The van der Waals surface area contributed by atoms with Gasteiger partial charge in [0, 0.05) is 6.20 Å². The molecule has 0 bridgehead atoms. The molecule has 0 saturated carbocycles. The largest absolute Gasteiger partial charge is 0.363 e. The van der Waals surface area contributed by atoms with Gasteiger partial charge in [0.1, 0.15) is 5.82 Å². The van der Waals surface area contributed by atoms with Gasteiger partial charge in [0.15, 0.2) is 0 Å². The van der Waals surface area contributed by atoms with Gasteiger partial charge in [0.25, 0.3) is 0 Å². The second-order valence-corrected chi connectivity index (χ2v) is 5.01. The van der Waals surface area contributed by atoms with Gasteiger partial charge in [0.05, 0.1) is 6.04 Å². The lowest BCUT2D eigenvalue weighted by Gasteiger charge is -2.26. The van der Waals surface area contributed by atoms with Crippen LogP contribution in [0.2, 0.25) is 0 Å². The summed E-state index contributed by atoms with van der Waals surface area (Å²) in [4.78, 5) is 4.40. The molecule has 2 aromatic rings. The molecule has 1 atom stereocenters. The Labute approximate surface area is 108 Å². The zero-order chi connectivity index (χ0) is 12.4. The van der Waals surface area contributed by atoms with Crippen LogP contribution in [0.5, 0.6) is 0 Å². The van der Waals surface area contributed by atoms with Crippen molar-refractivity contribution >= 4 is 5.82 Å². The number of fused-ring (bicyclic) bond motifs is 1. The minimum absolute atomic E-state index is 0.407. The lowest BCUT2D eigenvalue weighted by Crippen LogP contribution is -2.17. The number of benzene rings is 1. The van der Waals surface area contributed by atoms with E-state index in [1.165, 1.54) is 36.0 Å². The number of anilines is 1. The Bertz CT molecular complexity index is 548. The van der Waals surface area contributed by atoms with Crippen molar-refractivity contribution in [2.75, 3.05) is 5.32 Å². The number of nitrogens with zero attached hydrogens (tertiary/aromatic N) is 1. The molecule has 0 fully saturated rings. The summed E-state index contributed by atoms with van der Waals surface area (Å²) in [6.45, 7) is 2.10. The fourth-order valence-electron chi connectivity index (χ4n) is 2.70. The Morgan fingerprint density at radius 1 is 1.22 bits per heavy atom. The Morgan fingerprint density at radius 2 is 2.11 bits per heavy atom. The molecule has 3 rings (SSSR count). The van der Waals surface area contributed by atoms with Crippen molar-refractivity contribution in [1.29, 1.82) is 0 Å². The van der Waals surface area contributed by atoms with Crippen LogP contribution in [0.15, 0.2) is 42.6 Å². The first-order chi connectivity index (χ1) is 8.83. The smallest absolute Gasteiger partial charge is 0.126 e. The van der Waals surface area contributed by atoms with E-state index < -0.39 is 0 Å². The average molecular weight is 238 g/mol. The van der Waals surface area contributed by atoms with E-state index in [1.54, 1.807) is 0 Å². The average Bonchev–Trinajstić information content (AvgIpc) is 2.39. The minimum Gasteiger partial charge on any atom is -0.363 e. The highest BCUT2D eigenvalue weighted by molar-refractivity contribution is 5.43. The van der Waals surface area contributed by atoms with Crippen LogP contribution in [-0.2, 0) is 6.42 Å². The zero-order valence-corrected chi connectivity index (χ0v) is 10.7. The van der Waals surface area contributed by atoms with Crippen LogP contribution in [0.3, 0.4) is 0 Å². The van der Waals surface area contributed by atoms with E-state index in [0.717, 1.165) is 5.82 Å². The van der Waals surface area contributed by atoms with Gasteiger partial charge >= 0.3 is 0 Å². The van der Waals surface area contributed by atoms with Crippen LogP contribution in [0.4, 0.5) is 5.82 Å². The fraction of sp³-hybridized carbons (Fsp3) is 0.312. The number of nitrogens with one attached hydrogen (secondary N) is 1. The predicted molar refractivity (Wildman–Crippen MR) is 74.7 cm³/mol. The third kappa shape index (κ3) is 2.23. The summed E-state index contributed by atoms with van der Waals surface area (Å²) < 4.78 is 0. The molecular weight excluding hydrogens is 220 g/mol. The van der Waals surface area contributed by atoms with Crippen molar-refractivity contribution < 1.29 is 0 Å². The van der Waals surface area contributed by atoms with Crippen LogP contribution in [0.1, 0.15) is 35.6 Å². The fourth-order valence-corrected chi connectivity index (χ4v) is 2.70. The maximum Gasteiger partial charge on any atom is 0.126 e. The number of hydrogen-bond acceptors (Lipinski definition) is 2. The monoisotopic (exact) mass is 238 g/mol. The summed E-state index contributed by atoms with van der Waals surface area (Å²) in [6, 6.07) is 13.3. The number of aromatic nitrogens is 1. The third-order valence-corrected chi connectivity index (χ3v) is 3.61. The standard InChI is InChI=1S/C16H18N2/c1-12-9-10-17-16(11-12)18-15-8-4-6-13-5-2-3-7-14(13)15/h2-3,5,7,9-11,15H,4,6,8H2,1H3,(H,17,18)/t15-/m0/s1. The Kier molecular flexibility index (Phi) is 3.01. The van der Waals surface area contributed by atoms with Gasteiger partial charge in [-0.25, -0.2) is 4.98 Å². The lowest BCUT2D eigenvalue weighted by molar-refractivity contribution is 0.598. The molecule has 1 aromatic carbocycles. The third-order valence-electron chi connectivity index (χ3n) is 3.61. The molecule has 0 saturated heterocycles. The summed E-state index contributed by atoms with van der Waals surface area (Å²) in [5.74, 6) is 0.983. The second-order valence-electron chi connectivity index (χ2n) is 5.01. The molecular formula is C16H18N2. The van der Waals surface area contributed by atoms with E-state index in [2.05, 4.69) is 47.6 Å². The summed E-state index contributed by atoms with van der Waals surface area (Å²) in [5, 5.41) is 3.57. The molecule has 0 spiro atoms. The molecule has 1 heterocycles. The van der Waals surface area contributed by atoms with E-state index in [0.29, 0.717) is 6.04 Å². The molecule has 0 unspecified atom stereocenters. The molecule has 0 amide bonds. The Balaban J connectivity index is 1.86. The number of rotatable bonds is 2. The topological polar surface area (TPSA) is 24.9 Å². The van der Waals surface area contributed by atoms with Crippen LogP contribution in [0.25, 0.3) is 0 Å². The van der Waals surface area contributed by atoms with Crippen LogP contribution < -0.4 is 5.32 Å². The SMILES string of the molecule is Cc1ccnc(N[C@H]2CCCc3ccccc32)c1. The van der Waals surface area contributed by atoms with Crippen molar-refractivity contribution in [1.82, 2.24) is 4.98 Å². The molecule has 1 aromatic heterocycles. The first-order valence-electron chi connectivity index (χ1n) is 6.60. The van der Waals surface area contributed by atoms with Gasteiger partial charge in [-0.05, 0) is 55.0 Å². The van der Waals surface area contributed by atoms with Crippen LogP contribution >= 0.6 is 0 Å². The maximum atomic E-state index is 4.40. The number of aryl methyl sites for hydroxylation is 2. The molecule has 2 nitrogen and oxygen atoms in total. The highest BCUT2D eigenvalue weighted by Gasteiger charge is 2.19. The van der Waals surface area contributed by atoms with Crippen LogP contribution in [-0.4, -0.2) is 4.98 Å².